The number of aromatic amines is 1. The maximum absolute atomic E-state index is 12.9. The number of amides is 2. The molecular weight excluding hydrogens is 467 g/mol. The third-order valence-electron chi connectivity index (χ3n) is 8.48. The van der Waals surface area contributed by atoms with Crippen LogP contribution in [-0.2, 0) is 12.6 Å². The number of aromatic nitrogens is 5. The van der Waals surface area contributed by atoms with Gasteiger partial charge in [0.25, 0.3) is 0 Å². The number of hydrogen-bond donors (Lipinski definition) is 1. The molecule has 34 heavy (non-hydrogen) atoms. The molecule has 3 saturated carbocycles. The number of nitrogens with zero attached hydrogens (tertiary/aromatic N) is 6. The van der Waals surface area contributed by atoms with E-state index in [1.165, 1.54) is 12.8 Å². The van der Waals surface area contributed by atoms with Gasteiger partial charge < -0.3 is 9.80 Å². The van der Waals surface area contributed by atoms with E-state index in [0.717, 1.165) is 63.5 Å². The summed E-state index contributed by atoms with van der Waals surface area (Å²) in [7, 11) is 0. The van der Waals surface area contributed by atoms with Gasteiger partial charge in [0, 0.05) is 55.3 Å². The molecule has 0 aromatic carbocycles. The molecular formula is C22H26F3N7OS. The van der Waals surface area contributed by atoms with Gasteiger partial charge >= 0.3 is 12.2 Å². The first kappa shape index (κ1) is 21.1. The van der Waals surface area contributed by atoms with Crippen LogP contribution in [0.5, 0.6) is 0 Å². The first-order chi connectivity index (χ1) is 16.2. The van der Waals surface area contributed by atoms with Crippen molar-refractivity contribution in [1.29, 1.82) is 0 Å². The summed E-state index contributed by atoms with van der Waals surface area (Å²) in [5, 5.41) is 6.65. The van der Waals surface area contributed by atoms with E-state index >= 15 is 0 Å². The highest BCUT2D eigenvalue weighted by Crippen LogP contribution is 2.57. The quantitative estimate of drug-likeness (QED) is 0.700. The van der Waals surface area contributed by atoms with Crippen LogP contribution in [0, 0.1) is 16.7 Å². The Morgan fingerprint density at radius 3 is 2.24 bits per heavy atom. The molecule has 5 aliphatic rings. The zero-order valence-electron chi connectivity index (χ0n) is 18.6. The molecule has 8 nitrogen and oxygen atoms in total. The predicted octanol–water partition coefficient (Wildman–Crippen LogP) is 3.81. The molecule has 0 bridgehead atoms. The third kappa shape index (κ3) is 3.43. The zero-order valence-corrected chi connectivity index (χ0v) is 19.5. The van der Waals surface area contributed by atoms with Crippen LogP contribution < -0.4 is 0 Å². The Balaban J connectivity index is 0.844. The Kier molecular flexibility index (Phi) is 4.29. The summed E-state index contributed by atoms with van der Waals surface area (Å²) in [6.07, 6.45) is 2.48. The number of carbonyl (C=O) groups is 1. The summed E-state index contributed by atoms with van der Waals surface area (Å²) >= 11 is 0.426. The predicted molar refractivity (Wildman–Crippen MR) is 115 cm³/mol. The SMILES string of the molecule is O=C(N1CC2(CC(Cc3nsc(C(F)(F)F)n3)C2)C1)N1CC2(CC(c3n[nH]c(C4CC4)n3)C2)C1. The van der Waals surface area contributed by atoms with Crippen molar-refractivity contribution in [3.05, 3.63) is 22.5 Å². The van der Waals surface area contributed by atoms with Gasteiger partial charge in [-0.15, -0.1) is 0 Å². The number of alkyl halides is 3. The molecule has 0 radical (unpaired) electrons. The van der Waals surface area contributed by atoms with Gasteiger partial charge in [0.1, 0.15) is 11.6 Å². The molecule has 12 heteroatoms. The average Bonchev–Trinajstić information content (AvgIpc) is 3.19. The summed E-state index contributed by atoms with van der Waals surface area (Å²) in [5.41, 5.74) is 0.402. The molecule has 182 valence electrons. The molecule has 2 aliphatic heterocycles. The highest BCUT2D eigenvalue weighted by atomic mass is 32.1. The summed E-state index contributed by atoms with van der Waals surface area (Å²) < 4.78 is 42.0. The van der Waals surface area contributed by atoms with Gasteiger partial charge in [-0.1, -0.05) is 0 Å². The highest BCUT2D eigenvalue weighted by Gasteiger charge is 2.59. The van der Waals surface area contributed by atoms with Crippen LogP contribution in [-0.4, -0.2) is 66.5 Å². The van der Waals surface area contributed by atoms with Crippen LogP contribution in [0.15, 0.2) is 0 Å². The minimum absolute atomic E-state index is 0.132. The second-order valence-electron chi connectivity index (χ2n) is 11.4. The van der Waals surface area contributed by atoms with Crippen molar-refractivity contribution in [2.24, 2.45) is 16.7 Å². The minimum Gasteiger partial charge on any atom is -0.323 e. The van der Waals surface area contributed by atoms with E-state index in [4.69, 9.17) is 0 Å². The molecule has 0 atom stereocenters. The van der Waals surface area contributed by atoms with Gasteiger partial charge in [-0.05, 0) is 56.0 Å². The van der Waals surface area contributed by atoms with Crippen LogP contribution in [0.25, 0.3) is 0 Å². The lowest BCUT2D eigenvalue weighted by molar-refractivity contribution is -0.137. The van der Waals surface area contributed by atoms with Gasteiger partial charge in [-0.25, -0.2) is 14.8 Å². The lowest BCUT2D eigenvalue weighted by Gasteiger charge is -2.63. The number of carbonyl (C=O) groups excluding carboxylic acids is 1. The summed E-state index contributed by atoms with van der Waals surface area (Å²) in [6.45, 7) is 3.17. The topological polar surface area (TPSA) is 90.9 Å². The van der Waals surface area contributed by atoms with E-state index < -0.39 is 11.2 Å². The third-order valence-corrected chi connectivity index (χ3v) is 9.28. The van der Waals surface area contributed by atoms with Crippen LogP contribution in [0.1, 0.15) is 72.8 Å². The second-order valence-corrected chi connectivity index (χ2v) is 12.2. The number of halogens is 3. The summed E-state index contributed by atoms with van der Waals surface area (Å²) in [5.74, 6) is 3.60. The van der Waals surface area contributed by atoms with Crippen molar-refractivity contribution in [2.75, 3.05) is 26.2 Å². The molecule has 1 N–H and O–H groups in total. The molecule has 0 unspecified atom stereocenters. The number of nitrogens with one attached hydrogen (secondary N) is 1. The molecule has 4 heterocycles. The number of rotatable bonds is 4. The van der Waals surface area contributed by atoms with Crippen molar-refractivity contribution in [2.45, 2.75) is 63.0 Å². The van der Waals surface area contributed by atoms with E-state index in [1.54, 1.807) is 0 Å². The molecule has 2 aromatic rings. The fraction of sp³-hybridized carbons (Fsp3) is 0.773. The van der Waals surface area contributed by atoms with E-state index in [-0.39, 0.29) is 16.9 Å². The lowest BCUT2D eigenvalue weighted by atomic mass is 9.56. The first-order valence-electron chi connectivity index (χ1n) is 12.1. The Labute approximate surface area is 198 Å². The van der Waals surface area contributed by atoms with Crippen molar-refractivity contribution < 1.29 is 18.0 Å². The maximum Gasteiger partial charge on any atom is 0.444 e. The standard InChI is InChI=1S/C22H26F3N7OS/c23-22(24,25)18-26-15(30-34-18)3-12-4-20(5-12)8-31(9-20)19(33)32-10-21(11-32)6-14(7-21)17-27-16(28-29-17)13-1-2-13/h12-14H,1-11H2,(H,27,28,29). The summed E-state index contributed by atoms with van der Waals surface area (Å²) in [4.78, 5) is 25.1. The minimum atomic E-state index is -4.42. The van der Waals surface area contributed by atoms with Crippen molar-refractivity contribution in [3.8, 4) is 0 Å². The van der Waals surface area contributed by atoms with Gasteiger partial charge in [0.05, 0.1) is 0 Å². The zero-order chi connectivity index (χ0) is 23.3. The molecule has 5 fully saturated rings. The molecule has 2 spiro atoms. The lowest BCUT2D eigenvalue weighted by Crippen LogP contribution is -2.71. The van der Waals surface area contributed by atoms with E-state index in [1.807, 2.05) is 9.80 Å². The van der Waals surface area contributed by atoms with Crippen LogP contribution in [0.2, 0.25) is 0 Å². The number of likely N-dealkylation sites (tertiary alicyclic amines) is 2. The second kappa shape index (κ2) is 6.92. The molecule has 3 aliphatic carbocycles. The van der Waals surface area contributed by atoms with Crippen LogP contribution in [0.3, 0.4) is 0 Å². The van der Waals surface area contributed by atoms with Crippen molar-refractivity contribution in [3.63, 3.8) is 0 Å². The summed E-state index contributed by atoms with van der Waals surface area (Å²) in [6, 6.07) is 0.132. The Morgan fingerprint density at radius 2 is 1.65 bits per heavy atom. The monoisotopic (exact) mass is 493 g/mol. The van der Waals surface area contributed by atoms with Gasteiger partial charge in [-0.2, -0.15) is 22.6 Å². The number of H-pyrrole nitrogens is 1. The Bertz CT molecular complexity index is 1110. The number of urea groups is 1. The Hall–Kier alpha value is -2.24. The molecule has 2 amide bonds. The normalized spacial score (nSPS) is 25.7. The van der Waals surface area contributed by atoms with E-state index in [0.29, 0.717) is 41.5 Å². The van der Waals surface area contributed by atoms with Gasteiger partial charge in [-0.3, -0.25) is 5.10 Å². The van der Waals surface area contributed by atoms with Crippen molar-refractivity contribution >= 4 is 17.6 Å². The van der Waals surface area contributed by atoms with Crippen LogP contribution >= 0.6 is 11.5 Å². The maximum atomic E-state index is 12.9. The van der Waals surface area contributed by atoms with Gasteiger partial charge in [0.15, 0.2) is 5.82 Å². The molecule has 2 aromatic heterocycles. The fourth-order valence-corrected chi connectivity index (χ4v) is 7.27. The Morgan fingerprint density at radius 1 is 1.00 bits per heavy atom. The first-order valence-corrected chi connectivity index (χ1v) is 12.8. The van der Waals surface area contributed by atoms with Crippen LogP contribution in [0.4, 0.5) is 18.0 Å². The molecule has 7 rings (SSSR count). The van der Waals surface area contributed by atoms with Crippen molar-refractivity contribution in [1.82, 2.24) is 34.3 Å². The number of hydrogen-bond acceptors (Lipinski definition) is 6. The average molecular weight is 494 g/mol. The fourth-order valence-electron chi connectivity index (χ4n) is 6.71. The van der Waals surface area contributed by atoms with E-state index in [2.05, 4.69) is 24.5 Å². The largest absolute Gasteiger partial charge is 0.444 e. The molecule has 2 saturated heterocycles. The smallest absolute Gasteiger partial charge is 0.323 e. The van der Waals surface area contributed by atoms with E-state index in [9.17, 15) is 18.0 Å². The van der Waals surface area contributed by atoms with Gasteiger partial charge in [0.2, 0.25) is 5.01 Å². The highest BCUT2D eigenvalue weighted by molar-refractivity contribution is 7.05.